The zero-order chi connectivity index (χ0) is 19.7. The topological polar surface area (TPSA) is 109 Å². The Morgan fingerprint density at radius 1 is 0.750 bits per heavy atom. The lowest BCUT2D eigenvalue weighted by Gasteiger charge is -2.28. The first kappa shape index (κ1) is 18.7. The van der Waals surface area contributed by atoms with Gasteiger partial charge in [0.2, 0.25) is 0 Å². The van der Waals surface area contributed by atoms with Crippen molar-refractivity contribution in [3.05, 3.63) is 82.4 Å². The van der Waals surface area contributed by atoms with Crippen molar-refractivity contribution in [1.29, 1.82) is 0 Å². The molecule has 0 aliphatic carbocycles. The first-order chi connectivity index (χ1) is 13.5. The minimum atomic E-state index is -1.06. The van der Waals surface area contributed by atoms with Crippen LogP contribution in [0.1, 0.15) is 11.4 Å². The fourth-order valence-corrected chi connectivity index (χ4v) is 3.53. The second-order valence-corrected chi connectivity index (χ2v) is 7.38. The predicted molar refractivity (Wildman–Crippen MR) is 112 cm³/mol. The number of halogens is 2. The average molecular weight is 413 g/mol. The summed E-state index contributed by atoms with van der Waals surface area (Å²) in [7, 11) is 0. The molecule has 2 aromatic heterocycles. The Balaban J connectivity index is 1.84. The second kappa shape index (κ2) is 7.41. The summed E-state index contributed by atoms with van der Waals surface area (Å²) < 4.78 is 0. The largest absolute Gasteiger partial charge is 0.328 e. The van der Waals surface area contributed by atoms with Gasteiger partial charge < -0.3 is 11.5 Å². The monoisotopic (exact) mass is 412 g/mol. The minimum Gasteiger partial charge on any atom is -0.328 e. The van der Waals surface area contributed by atoms with Crippen LogP contribution in [0.15, 0.2) is 60.9 Å². The van der Waals surface area contributed by atoms with Gasteiger partial charge in [0.25, 0.3) is 0 Å². The third-order valence-corrected chi connectivity index (χ3v) is 5.31. The summed E-state index contributed by atoms with van der Waals surface area (Å²) in [5, 5.41) is 15.8. The van der Waals surface area contributed by atoms with Crippen LogP contribution in [0, 0.1) is 0 Å². The Morgan fingerprint density at radius 2 is 1.14 bits per heavy atom. The molecular formula is C20H18Cl2N6. The van der Waals surface area contributed by atoms with Crippen molar-refractivity contribution in [3.63, 3.8) is 0 Å². The van der Waals surface area contributed by atoms with Crippen LogP contribution in [0.3, 0.4) is 0 Å². The van der Waals surface area contributed by atoms with Gasteiger partial charge in [0, 0.05) is 27.7 Å². The molecule has 4 aromatic rings. The molecule has 0 saturated carbocycles. The molecule has 28 heavy (non-hydrogen) atoms. The van der Waals surface area contributed by atoms with Gasteiger partial charge in [-0.15, -0.1) is 0 Å². The molecule has 0 saturated heterocycles. The summed E-state index contributed by atoms with van der Waals surface area (Å²) >= 11 is 12.0. The van der Waals surface area contributed by atoms with Gasteiger partial charge in [0.15, 0.2) is 0 Å². The van der Waals surface area contributed by atoms with Gasteiger partial charge in [0.1, 0.15) is 5.54 Å². The van der Waals surface area contributed by atoms with E-state index in [0.29, 0.717) is 21.4 Å². The number of aromatic nitrogens is 4. The molecule has 6 nitrogen and oxygen atoms in total. The van der Waals surface area contributed by atoms with Crippen molar-refractivity contribution in [2.45, 2.75) is 5.54 Å². The summed E-state index contributed by atoms with van der Waals surface area (Å²) in [5.41, 5.74) is 16.9. The second-order valence-electron chi connectivity index (χ2n) is 6.51. The molecule has 0 aliphatic rings. The number of nitrogens with one attached hydrogen (secondary N) is 2. The van der Waals surface area contributed by atoms with Gasteiger partial charge in [-0.1, -0.05) is 47.5 Å². The van der Waals surface area contributed by atoms with Gasteiger partial charge in [-0.05, 0) is 35.4 Å². The molecule has 0 aliphatic heterocycles. The summed E-state index contributed by atoms with van der Waals surface area (Å²) in [6.07, 6.45) is 3.46. The number of H-pyrrole nitrogens is 2. The molecule has 0 amide bonds. The lowest BCUT2D eigenvalue weighted by atomic mass is 9.85. The summed E-state index contributed by atoms with van der Waals surface area (Å²) in [6.45, 7) is 0.137. The SMILES string of the molecule is NCC(N)(c1[nH]ncc1-c1ccc(Cl)cc1)c1[nH]ncc1-c1ccc(Cl)cc1. The summed E-state index contributed by atoms with van der Waals surface area (Å²) in [6, 6.07) is 15.0. The highest BCUT2D eigenvalue weighted by Gasteiger charge is 2.36. The van der Waals surface area contributed by atoms with E-state index in [9.17, 15) is 0 Å². The van der Waals surface area contributed by atoms with Crippen molar-refractivity contribution >= 4 is 23.2 Å². The highest BCUT2D eigenvalue weighted by atomic mass is 35.5. The Morgan fingerprint density at radius 3 is 1.50 bits per heavy atom. The van der Waals surface area contributed by atoms with Crippen molar-refractivity contribution in [1.82, 2.24) is 20.4 Å². The zero-order valence-electron chi connectivity index (χ0n) is 14.8. The third-order valence-electron chi connectivity index (χ3n) is 4.80. The number of hydrogen-bond acceptors (Lipinski definition) is 4. The first-order valence-electron chi connectivity index (χ1n) is 8.61. The average Bonchev–Trinajstić information content (AvgIpc) is 3.39. The molecule has 142 valence electrons. The molecule has 0 atom stereocenters. The molecule has 0 unspecified atom stereocenters. The van der Waals surface area contributed by atoms with Crippen LogP contribution >= 0.6 is 23.2 Å². The molecule has 2 aromatic carbocycles. The van der Waals surface area contributed by atoms with E-state index in [-0.39, 0.29) is 6.54 Å². The van der Waals surface area contributed by atoms with E-state index >= 15 is 0 Å². The van der Waals surface area contributed by atoms with Crippen LogP contribution in [0.5, 0.6) is 0 Å². The number of nitrogens with two attached hydrogens (primary N) is 2. The van der Waals surface area contributed by atoms with E-state index in [2.05, 4.69) is 20.4 Å². The highest BCUT2D eigenvalue weighted by Crippen LogP contribution is 2.37. The van der Waals surface area contributed by atoms with E-state index < -0.39 is 5.54 Å². The maximum absolute atomic E-state index is 6.85. The number of nitrogens with zero attached hydrogens (tertiary/aromatic N) is 2. The van der Waals surface area contributed by atoms with Gasteiger partial charge in [-0.3, -0.25) is 10.2 Å². The van der Waals surface area contributed by atoms with Crippen LogP contribution in [0.25, 0.3) is 22.3 Å². The van der Waals surface area contributed by atoms with Crippen LogP contribution in [0.4, 0.5) is 0 Å². The number of aromatic amines is 2. The zero-order valence-corrected chi connectivity index (χ0v) is 16.3. The van der Waals surface area contributed by atoms with Crippen LogP contribution in [-0.2, 0) is 5.54 Å². The number of hydrogen-bond donors (Lipinski definition) is 4. The highest BCUT2D eigenvalue weighted by molar-refractivity contribution is 6.30. The lowest BCUT2D eigenvalue weighted by molar-refractivity contribution is 0.517. The molecule has 0 bridgehead atoms. The van der Waals surface area contributed by atoms with Gasteiger partial charge in [-0.2, -0.15) is 10.2 Å². The Bertz CT molecular complexity index is 999. The first-order valence-corrected chi connectivity index (χ1v) is 9.37. The van der Waals surface area contributed by atoms with Crippen molar-refractivity contribution in [3.8, 4) is 22.3 Å². The van der Waals surface area contributed by atoms with Crippen LogP contribution in [0.2, 0.25) is 10.0 Å². The molecular weight excluding hydrogens is 395 g/mol. The summed E-state index contributed by atoms with van der Waals surface area (Å²) in [4.78, 5) is 0. The molecule has 0 spiro atoms. The fraction of sp³-hybridized carbons (Fsp3) is 0.100. The molecule has 8 heteroatoms. The number of benzene rings is 2. The van der Waals surface area contributed by atoms with E-state index in [0.717, 1.165) is 22.3 Å². The molecule has 0 radical (unpaired) electrons. The molecule has 4 rings (SSSR count). The molecule has 2 heterocycles. The van der Waals surface area contributed by atoms with Crippen LogP contribution < -0.4 is 11.5 Å². The quantitative estimate of drug-likeness (QED) is 0.397. The normalized spacial score (nSPS) is 11.7. The minimum absolute atomic E-state index is 0.137. The maximum Gasteiger partial charge on any atom is 0.114 e. The maximum atomic E-state index is 6.85. The van der Waals surface area contributed by atoms with E-state index in [1.807, 2.05) is 48.5 Å². The van der Waals surface area contributed by atoms with E-state index in [4.69, 9.17) is 34.7 Å². The standard InChI is InChI=1S/C20H18Cl2N6/c21-14-5-1-12(2-6-14)16-9-25-27-18(16)20(24,11-23)19-17(10-26-28-19)13-3-7-15(22)8-4-13/h1-10H,11,23-24H2,(H,25,27)(H,26,28). The predicted octanol–water partition coefficient (Wildman–Crippen LogP) is 3.93. The summed E-state index contributed by atoms with van der Waals surface area (Å²) in [5.74, 6) is 0. The molecule has 0 fully saturated rings. The van der Waals surface area contributed by atoms with Crippen molar-refractivity contribution in [2.24, 2.45) is 11.5 Å². The van der Waals surface area contributed by atoms with Crippen molar-refractivity contribution < 1.29 is 0 Å². The van der Waals surface area contributed by atoms with Crippen molar-refractivity contribution in [2.75, 3.05) is 6.54 Å². The van der Waals surface area contributed by atoms with Gasteiger partial charge in [0.05, 0.1) is 23.8 Å². The smallest absolute Gasteiger partial charge is 0.114 e. The number of rotatable bonds is 5. The van der Waals surface area contributed by atoms with E-state index in [1.54, 1.807) is 12.4 Å². The Kier molecular flexibility index (Phi) is 4.95. The third kappa shape index (κ3) is 3.21. The van der Waals surface area contributed by atoms with E-state index in [1.165, 1.54) is 0 Å². The molecule has 6 N–H and O–H groups in total. The Hall–Kier alpha value is -2.64. The Labute approximate surface area is 171 Å². The fourth-order valence-electron chi connectivity index (χ4n) is 3.28. The lowest BCUT2D eigenvalue weighted by Crippen LogP contribution is -2.46. The van der Waals surface area contributed by atoms with Gasteiger partial charge in [-0.25, -0.2) is 0 Å². The van der Waals surface area contributed by atoms with Gasteiger partial charge >= 0.3 is 0 Å². The van der Waals surface area contributed by atoms with Crippen LogP contribution in [-0.4, -0.2) is 26.9 Å².